The molecule has 138 valence electrons. The predicted molar refractivity (Wildman–Crippen MR) is 105 cm³/mol. The van der Waals surface area contributed by atoms with Crippen molar-refractivity contribution in [1.29, 1.82) is 0 Å². The van der Waals surface area contributed by atoms with Gasteiger partial charge in [-0.05, 0) is 36.4 Å². The Morgan fingerprint density at radius 2 is 1.89 bits per heavy atom. The van der Waals surface area contributed by atoms with Crippen molar-refractivity contribution in [3.8, 4) is 16.3 Å². The van der Waals surface area contributed by atoms with Crippen LogP contribution in [0.25, 0.3) is 10.6 Å². The number of hydrogen-bond acceptors (Lipinski definition) is 6. The Hall–Kier alpha value is -2.78. The Bertz CT molecular complexity index is 916. The molecule has 0 saturated carbocycles. The number of nitrogens with one attached hydrogen (secondary N) is 2. The summed E-state index contributed by atoms with van der Waals surface area (Å²) >= 11 is 4.75. The largest absolute Gasteiger partial charge is 0.484 e. The van der Waals surface area contributed by atoms with Crippen molar-refractivity contribution < 1.29 is 14.3 Å². The van der Waals surface area contributed by atoms with Gasteiger partial charge in [-0.25, -0.2) is 4.98 Å². The lowest BCUT2D eigenvalue weighted by Gasteiger charge is -2.08. The minimum atomic E-state index is -0.458. The Morgan fingerprint density at radius 1 is 1.11 bits per heavy atom. The molecule has 3 rings (SSSR count). The van der Waals surface area contributed by atoms with Crippen LogP contribution in [0.4, 0.5) is 0 Å². The Kier molecular flexibility index (Phi) is 6.50. The highest BCUT2D eigenvalue weighted by Crippen LogP contribution is 2.22. The number of hydrogen-bond donors (Lipinski definition) is 2. The Labute approximate surface area is 167 Å². The quantitative estimate of drug-likeness (QED) is 0.567. The Balaban J connectivity index is 1.42. The number of benzene rings is 1. The zero-order valence-corrected chi connectivity index (χ0v) is 16.4. The average molecular weight is 447 g/mol. The molecule has 7 nitrogen and oxygen atoms in total. The highest BCUT2D eigenvalue weighted by Gasteiger charge is 2.10. The van der Waals surface area contributed by atoms with Crippen molar-refractivity contribution in [2.24, 2.45) is 0 Å². The molecule has 2 aromatic heterocycles. The number of rotatable bonds is 6. The molecule has 2 N–H and O–H groups in total. The number of nitrogens with zero attached hydrogens (tertiary/aromatic N) is 2. The van der Waals surface area contributed by atoms with Crippen molar-refractivity contribution >= 4 is 39.1 Å². The van der Waals surface area contributed by atoms with Gasteiger partial charge >= 0.3 is 0 Å². The molecule has 0 saturated heterocycles. The molecule has 9 heteroatoms. The van der Waals surface area contributed by atoms with Crippen LogP contribution in [0.2, 0.25) is 0 Å². The summed E-state index contributed by atoms with van der Waals surface area (Å²) in [5.41, 5.74) is 6.19. The van der Waals surface area contributed by atoms with Gasteiger partial charge < -0.3 is 4.74 Å². The van der Waals surface area contributed by atoms with Crippen LogP contribution in [0.1, 0.15) is 5.69 Å². The van der Waals surface area contributed by atoms with Gasteiger partial charge in [-0.2, -0.15) is 0 Å². The zero-order valence-electron chi connectivity index (χ0n) is 14.0. The molecule has 0 aliphatic rings. The number of amides is 2. The van der Waals surface area contributed by atoms with Gasteiger partial charge in [-0.15, -0.1) is 11.3 Å². The first-order valence-corrected chi connectivity index (χ1v) is 9.58. The molecule has 0 radical (unpaired) electrons. The Morgan fingerprint density at radius 3 is 2.63 bits per heavy atom. The molecule has 0 atom stereocenters. The van der Waals surface area contributed by atoms with E-state index in [4.69, 9.17) is 4.74 Å². The molecule has 0 fully saturated rings. The van der Waals surface area contributed by atoms with Gasteiger partial charge in [0.25, 0.3) is 5.91 Å². The van der Waals surface area contributed by atoms with Crippen LogP contribution in [0.5, 0.6) is 5.75 Å². The molecule has 3 aromatic rings. The topological polar surface area (TPSA) is 93.2 Å². The lowest BCUT2D eigenvalue weighted by molar-refractivity contribution is -0.129. The second-order valence-electron chi connectivity index (χ2n) is 5.40. The highest BCUT2D eigenvalue weighted by atomic mass is 79.9. The number of halogens is 1. The van der Waals surface area contributed by atoms with E-state index in [0.29, 0.717) is 11.4 Å². The molecule has 0 unspecified atom stereocenters. The van der Waals surface area contributed by atoms with Crippen molar-refractivity contribution in [3.63, 3.8) is 0 Å². The van der Waals surface area contributed by atoms with E-state index in [1.807, 2.05) is 24.3 Å². The van der Waals surface area contributed by atoms with Crippen molar-refractivity contribution in [2.45, 2.75) is 6.42 Å². The number of aromatic nitrogens is 2. The molecule has 0 aliphatic heterocycles. The summed E-state index contributed by atoms with van der Waals surface area (Å²) in [6.07, 6.45) is 3.47. The summed E-state index contributed by atoms with van der Waals surface area (Å²) in [6, 6.07) is 10.8. The first-order chi connectivity index (χ1) is 13.1. The lowest BCUT2D eigenvalue weighted by atomic mass is 10.3. The number of carbonyl (C=O) groups is 2. The average Bonchev–Trinajstić information content (AvgIpc) is 3.15. The minimum Gasteiger partial charge on any atom is -0.484 e. The summed E-state index contributed by atoms with van der Waals surface area (Å²) in [5, 5.41) is 2.60. The van der Waals surface area contributed by atoms with Gasteiger partial charge in [0, 0.05) is 27.8 Å². The lowest BCUT2D eigenvalue weighted by Crippen LogP contribution is -2.44. The summed E-state index contributed by atoms with van der Waals surface area (Å²) in [5.74, 6) is -0.263. The van der Waals surface area contributed by atoms with Gasteiger partial charge in [0.1, 0.15) is 10.8 Å². The maximum absolute atomic E-state index is 12.0. The van der Waals surface area contributed by atoms with Gasteiger partial charge in [-0.3, -0.25) is 25.4 Å². The van der Waals surface area contributed by atoms with Crippen LogP contribution in [-0.4, -0.2) is 28.4 Å². The van der Waals surface area contributed by atoms with E-state index in [2.05, 4.69) is 36.7 Å². The van der Waals surface area contributed by atoms with Crippen LogP contribution in [0, 0.1) is 0 Å². The molecule has 1 aromatic carbocycles. The molecular formula is C18H15BrN4O3S. The van der Waals surface area contributed by atoms with Gasteiger partial charge in [-0.1, -0.05) is 15.9 Å². The van der Waals surface area contributed by atoms with E-state index in [-0.39, 0.29) is 18.9 Å². The van der Waals surface area contributed by atoms with E-state index < -0.39 is 5.91 Å². The standard InChI is InChI=1S/C18H15BrN4O3S/c19-13-3-5-15(6-4-13)26-10-17(25)23-22-16(24)8-14-11-27-18(21-14)12-2-1-7-20-9-12/h1-7,9,11H,8,10H2,(H,22,24)(H,23,25). The van der Waals surface area contributed by atoms with Crippen LogP contribution in [0.3, 0.4) is 0 Å². The van der Waals surface area contributed by atoms with Crippen molar-refractivity contribution in [1.82, 2.24) is 20.8 Å². The molecule has 2 amide bonds. The fourth-order valence-electron chi connectivity index (χ4n) is 2.07. The van der Waals surface area contributed by atoms with E-state index in [9.17, 15) is 9.59 Å². The third-order valence-electron chi connectivity index (χ3n) is 3.33. The monoisotopic (exact) mass is 446 g/mol. The first-order valence-electron chi connectivity index (χ1n) is 7.91. The fraction of sp³-hybridized carbons (Fsp3) is 0.111. The smallest absolute Gasteiger partial charge is 0.276 e. The van der Waals surface area contributed by atoms with E-state index in [1.165, 1.54) is 11.3 Å². The van der Waals surface area contributed by atoms with Crippen LogP contribution in [-0.2, 0) is 16.0 Å². The normalized spacial score (nSPS) is 10.3. The fourth-order valence-corrected chi connectivity index (χ4v) is 3.15. The van der Waals surface area contributed by atoms with Gasteiger partial charge in [0.15, 0.2) is 6.61 Å². The summed E-state index contributed by atoms with van der Waals surface area (Å²) in [7, 11) is 0. The van der Waals surface area contributed by atoms with Gasteiger partial charge in [0.2, 0.25) is 5.91 Å². The second kappa shape index (κ2) is 9.24. The minimum absolute atomic E-state index is 0.0601. The summed E-state index contributed by atoms with van der Waals surface area (Å²) < 4.78 is 6.24. The third kappa shape index (κ3) is 5.87. The van der Waals surface area contributed by atoms with Crippen LogP contribution < -0.4 is 15.6 Å². The molecule has 2 heterocycles. The molecule has 0 spiro atoms. The molecular weight excluding hydrogens is 432 g/mol. The van der Waals surface area contributed by atoms with E-state index in [0.717, 1.165) is 15.0 Å². The number of ether oxygens (including phenoxy) is 1. The van der Waals surface area contributed by atoms with E-state index >= 15 is 0 Å². The first kappa shape index (κ1) is 19.0. The number of hydrazine groups is 1. The number of thiazole rings is 1. The molecule has 0 bridgehead atoms. The number of carbonyl (C=O) groups excluding carboxylic acids is 2. The van der Waals surface area contributed by atoms with Crippen molar-refractivity contribution in [2.75, 3.05) is 6.61 Å². The molecule has 0 aliphatic carbocycles. The second-order valence-corrected chi connectivity index (χ2v) is 7.18. The third-order valence-corrected chi connectivity index (χ3v) is 4.80. The van der Waals surface area contributed by atoms with Crippen LogP contribution in [0.15, 0.2) is 58.6 Å². The molecule has 27 heavy (non-hydrogen) atoms. The summed E-state index contributed by atoms with van der Waals surface area (Å²) in [4.78, 5) is 32.2. The van der Waals surface area contributed by atoms with Crippen molar-refractivity contribution in [3.05, 3.63) is 64.3 Å². The van der Waals surface area contributed by atoms with Gasteiger partial charge in [0.05, 0.1) is 12.1 Å². The SMILES string of the molecule is O=C(COc1ccc(Br)cc1)NNC(=O)Cc1csc(-c2cccnc2)n1. The number of pyridine rings is 1. The predicted octanol–water partition coefficient (Wildman–Crippen LogP) is 2.74. The maximum atomic E-state index is 12.0. The maximum Gasteiger partial charge on any atom is 0.276 e. The highest BCUT2D eigenvalue weighted by molar-refractivity contribution is 9.10. The van der Waals surface area contributed by atoms with E-state index in [1.54, 1.807) is 29.9 Å². The zero-order chi connectivity index (χ0) is 19.1. The van der Waals surface area contributed by atoms with Crippen LogP contribution >= 0.6 is 27.3 Å². The summed E-state index contributed by atoms with van der Waals surface area (Å²) in [6.45, 7) is -0.205.